The van der Waals surface area contributed by atoms with Gasteiger partial charge in [-0.15, -0.1) is 0 Å². The van der Waals surface area contributed by atoms with Crippen molar-refractivity contribution in [2.75, 3.05) is 26.8 Å². The van der Waals surface area contributed by atoms with Crippen LogP contribution in [0.3, 0.4) is 0 Å². The highest BCUT2D eigenvalue weighted by Crippen LogP contribution is 2.15. The minimum absolute atomic E-state index is 0.0124. The van der Waals surface area contributed by atoms with Crippen LogP contribution < -0.4 is 11.1 Å². The van der Waals surface area contributed by atoms with Gasteiger partial charge in [0, 0.05) is 33.2 Å². The fourth-order valence-electron chi connectivity index (χ4n) is 2.20. The summed E-state index contributed by atoms with van der Waals surface area (Å²) in [5, 5.41) is 11.4. The molecule has 3 amide bonds. The van der Waals surface area contributed by atoms with E-state index in [1.54, 1.807) is 7.05 Å². The first-order chi connectivity index (χ1) is 9.90. The number of nitrogens with zero attached hydrogens (tertiary/aromatic N) is 1. The molecule has 120 valence electrons. The molecule has 4 N–H and O–H groups in total. The minimum Gasteiger partial charge on any atom is -0.480 e. The van der Waals surface area contributed by atoms with E-state index in [0.717, 1.165) is 12.8 Å². The van der Waals surface area contributed by atoms with E-state index in [1.807, 2.05) is 0 Å². The highest BCUT2D eigenvalue weighted by atomic mass is 16.5. The van der Waals surface area contributed by atoms with Crippen LogP contribution >= 0.6 is 0 Å². The maximum Gasteiger partial charge on any atom is 0.326 e. The summed E-state index contributed by atoms with van der Waals surface area (Å²) < 4.78 is 5.25. The first-order valence-corrected chi connectivity index (χ1v) is 7.00. The first-order valence-electron chi connectivity index (χ1n) is 7.00. The standard InChI is InChI=1S/C13H23N3O5/c1-16(8-9-4-6-21-7-5-9)13(20)15-10(12(18)19)2-3-11(14)17/h9-10H,2-8H2,1H3,(H2,14,17)(H,15,20)(H,18,19)/t10-/m0/s1. The van der Waals surface area contributed by atoms with Gasteiger partial charge in [-0.25, -0.2) is 9.59 Å². The summed E-state index contributed by atoms with van der Waals surface area (Å²) in [5.41, 5.74) is 4.99. The van der Waals surface area contributed by atoms with E-state index in [4.69, 9.17) is 15.6 Å². The molecule has 0 aliphatic carbocycles. The number of carboxylic acids is 1. The molecule has 0 aromatic carbocycles. The molecule has 1 atom stereocenters. The normalized spacial score (nSPS) is 17.0. The topological polar surface area (TPSA) is 122 Å². The van der Waals surface area contributed by atoms with E-state index in [-0.39, 0.29) is 12.8 Å². The van der Waals surface area contributed by atoms with Crippen molar-refractivity contribution in [1.29, 1.82) is 0 Å². The van der Waals surface area contributed by atoms with Crippen molar-refractivity contribution in [3.05, 3.63) is 0 Å². The predicted molar refractivity (Wildman–Crippen MR) is 74.6 cm³/mol. The Morgan fingerprint density at radius 1 is 1.38 bits per heavy atom. The summed E-state index contributed by atoms with van der Waals surface area (Å²) in [5.74, 6) is -1.40. The van der Waals surface area contributed by atoms with Gasteiger partial charge in [0.15, 0.2) is 0 Å². The molecule has 1 aliphatic heterocycles. The van der Waals surface area contributed by atoms with Crippen LogP contribution in [0.15, 0.2) is 0 Å². The third kappa shape index (κ3) is 6.44. The van der Waals surface area contributed by atoms with Crippen molar-refractivity contribution in [1.82, 2.24) is 10.2 Å². The number of ether oxygens (including phenoxy) is 1. The van der Waals surface area contributed by atoms with Gasteiger partial charge in [-0.05, 0) is 25.2 Å². The van der Waals surface area contributed by atoms with Gasteiger partial charge in [-0.3, -0.25) is 4.79 Å². The maximum absolute atomic E-state index is 12.0. The van der Waals surface area contributed by atoms with E-state index >= 15 is 0 Å². The number of carbonyl (C=O) groups excluding carboxylic acids is 2. The smallest absolute Gasteiger partial charge is 0.326 e. The number of carboxylic acid groups (broad SMARTS) is 1. The van der Waals surface area contributed by atoms with Crippen LogP contribution in [-0.4, -0.2) is 60.8 Å². The first kappa shape index (κ1) is 17.2. The number of hydrogen-bond acceptors (Lipinski definition) is 4. The number of hydrogen-bond donors (Lipinski definition) is 3. The Bertz CT molecular complexity index is 382. The number of nitrogens with one attached hydrogen (secondary N) is 1. The molecule has 0 radical (unpaired) electrons. The SMILES string of the molecule is CN(CC1CCOCC1)C(=O)N[C@@H](CCC(N)=O)C(=O)O. The van der Waals surface area contributed by atoms with Crippen molar-refractivity contribution in [2.45, 2.75) is 31.7 Å². The number of urea groups is 1. The van der Waals surface area contributed by atoms with E-state index in [1.165, 1.54) is 4.90 Å². The lowest BCUT2D eigenvalue weighted by molar-refractivity contribution is -0.139. The number of rotatable bonds is 7. The zero-order chi connectivity index (χ0) is 15.8. The summed E-state index contributed by atoms with van der Waals surface area (Å²) in [7, 11) is 1.62. The largest absolute Gasteiger partial charge is 0.480 e. The van der Waals surface area contributed by atoms with E-state index < -0.39 is 23.9 Å². The van der Waals surface area contributed by atoms with E-state index in [0.29, 0.717) is 25.7 Å². The molecule has 0 spiro atoms. The Kier molecular flexibility index (Phi) is 6.93. The molecule has 0 aromatic rings. The molecule has 1 aliphatic rings. The fourth-order valence-corrected chi connectivity index (χ4v) is 2.20. The van der Waals surface area contributed by atoms with Crippen molar-refractivity contribution < 1.29 is 24.2 Å². The van der Waals surface area contributed by atoms with Crippen molar-refractivity contribution in [2.24, 2.45) is 11.7 Å². The lowest BCUT2D eigenvalue weighted by Gasteiger charge is -2.28. The molecule has 0 saturated carbocycles. The summed E-state index contributed by atoms with van der Waals surface area (Å²) >= 11 is 0. The van der Waals surface area contributed by atoms with Gasteiger partial charge in [0.25, 0.3) is 0 Å². The zero-order valence-corrected chi connectivity index (χ0v) is 12.2. The Balaban J connectivity index is 2.43. The van der Waals surface area contributed by atoms with Crippen LogP contribution in [0, 0.1) is 5.92 Å². The molecule has 1 fully saturated rings. The minimum atomic E-state index is -1.18. The molecule has 0 bridgehead atoms. The zero-order valence-electron chi connectivity index (χ0n) is 12.2. The molecule has 1 heterocycles. The average Bonchev–Trinajstić information content (AvgIpc) is 2.43. The summed E-state index contributed by atoms with van der Waals surface area (Å²) in [6, 6.07) is -1.57. The average molecular weight is 301 g/mol. The quantitative estimate of drug-likeness (QED) is 0.599. The summed E-state index contributed by atoms with van der Waals surface area (Å²) in [4.78, 5) is 35.2. The van der Waals surface area contributed by atoms with Gasteiger partial charge in [0.05, 0.1) is 0 Å². The Labute approximate surface area is 123 Å². The predicted octanol–water partition coefficient (Wildman–Crippen LogP) is -0.227. The van der Waals surface area contributed by atoms with Crippen LogP contribution in [0.2, 0.25) is 0 Å². The Hall–Kier alpha value is -1.83. The van der Waals surface area contributed by atoms with Gasteiger partial charge in [-0.2, -0.15) is 0 Å². The van der Waals surface area contributed by atoms with Crippen molar-refractivity contribution >= 4 is 17.9 Å². The Morgan fingerprint density at radius 3 is 2.52 bits per heavy atom. The molecule has 21 heavy (non-hydrogen) atoms. The number of aliphatic carboxylic acids is 1. The highest BCUT2D eigenvalue weighted by molar-refractivity contribution is 5.83. The summed E-state index contributed by atoms with van der Waals surface area (Å²) in [6.45, 7) is 1.93. The van der Waals surface area contributed by atoms with E-state index in [2.05, 4.69) is 5.32 Å². The molecule has 1 saturated heterocycles. The van der Waals surface area contributed by atoms with Crippen LogP contribution in [0.4, 0.5) is 4.79 Å². The van der Waals surface area contributed by atoms with Crippen molar-refractivity contribution in [3.63, 3.8) is 0 Å². The molecule has 0 unspecified atom stereocenters. The Morgan fingerprint density at radius 2 is 2.00 bits per heavy atom. The van der Waals surface area contributed by atoms with E-state index in [9.17, 15) is 14.4 Å². The maximum atomic E-state index is 12.0. The number of primary amides is 1. The van der Waals surface area contributed by atoms with Crippen molar-refractivity contribution in [3.8, 4) is 0 Å². The van der Waals surface area contributed by atoms with Gasteiger partial charge in [0.1, 0.15) is 6.04 Å². The number of amides is 3. The lowest BCUT2D eigenvalue weighted by Crippen LogP contribution is -2.48. The van der Waals surface area contributed by atoms with Gasteiger partial charge in [0.2, 0.25) is 5.91 Å². The van der Waals surface area contributed by atoms with Crippen LogP contribution in [0.25, 0.3) is 0 Å². The molecule has 0 aromatic heterocycles. The number of carbonyl (C=O) groups is 3. The molecule has 8 nitrogen and oxygen atoms in total. The third-order valence-corrected chi connectivity index (χ3v) is 3.49. The molecule has 1 rings (SSSR count). The summed E-state index contributed by atoms with van der Waals surface area (Å²) in [6.07, 6.45) is 1.69. The second kappa shape index (κ2) is 8.46. The number of nitrogens with two attached hydrogens (primary N) is 1. The molecule has 8 heteroatoms. The second-order valence-electron chi connectivity index (χ2n) is 5.28. The monoisotopic (exact) mass is 301 g/mol. The molecular weight excluding hydrogens is 278 g/mol. The lowest BCUT2D eigenvalue weighted by atomic mass is 10.00. The van der Waals surface area contributed by atoms with Crippen LogP contribution in [-0.2, 0) is 14.3 Å². The van der Waals surface area contributed by atoms with Gasteiger partial charge < -0.3 is 25.8 Å². The van der Waals surface area contributed by atoms with Crippen LogP contribution in [0.5, 0.6) is 0 Å². The van der Waals surface area contributed by atoms with Gasteiger partial charge in [-0.1, -0.05) is 0 Å². The molecular formula is C13H23N3O5. The second-order valence-corrected chi connectivity index (χ2v) is 5.28. The van der Waals surface area contributed by atoms with Crippen LogP contribution in [0.1, 0.15) is 25.7 Å². The third-order valence-electron chi connectivity index (χ3n) is 3.49. The fraction of sp³-hybridized carbons (Fsp3) is 0.769. The van der Waals surface area contributed by atoms with Gasteiger partial charge >= 0.3 is 12.0 Å². The highest BCUT2D eigenvalue weighted by Gasteiger charge is 2.24.